The topological polar surface area (TPSA) is 55.4 Å². The van der Waals surface area contributed by atoms with Crippen molar-refractivity contribution in [2.24, 2.45) is 0 Å². The summed E-state index contributed by atoms with van der Waals surface area (Å²) in [6, 6.07) is 9.02. The van der Waals surface area contributed by atoms with Gasteiger partial charge in [0.25, 0.3) is 5.91 Å². The Morgan fingerprint density at radius 2 is 1.83 bits per heavy atom. The Bertz CT molecular complexity index is 447. The van der Waals surface area contributed by atoms with Crippen LogP contribution in [0.15, 0.2) is 42.0 Å². The van der Waals surface area contributed by atoms with Gasteiger partial charge in [0.05, 0.1) is 0 Å². The van der Waals surface area contributed by atoms with Crippen LogP contribution in [0, 0.1) is 0 Å². The Morgan fingerprint density at radius 1 is 1.22 bits per heavy atom. The van der Waals surface area contributed by atoms with E-state index in [-0.39, 0.29) is 5.91 Å². The molecule has 1 unspecified atom stereocenters. The van der Waals surface area contributed by atoms with Crippen LogP contribution < -0.4 is 5.32 Å². The average molecular weight is 247 g/mol. The fourth-order valence-electron chi connectivity index (χ4n) is 1.26. The van der Waals surface area contributed by atoms with E-state index >= 15 is 0 Å². The van der Waals surface area contributed by atoms with Crippen LogP contribution >= 0.6 is 0 Å². The SMILES string of the molecule is CC(C)=CC(=O)OC(C)C(=O)Nc1ccccc1. The first-order chi connectivity index (χ1) is 8.49. The van der Waals surface area contributed by atoms with Crippen molar-refractivity contribution in [1.82, 2.24) is 0 Å². The maximum Gasteiger partial charge on any atom is 0.331 e. The van der Waals surface area contributed by atoms with E-state index in [1.165, 1.54) is 13.0 Å². The first-order valence-corrected chi connectivity index (χ1v) is 5.70. The summed E-state index contributed by atoms with van der Waals surface area (Å²) in [5.41, 5.74) is 1.50. The Labute approximate surface area is 107 Å². The van der Waals surface area contributed by atoms with Crippen molar-refractivity contribution in [1.29, 1.82) is 0 Å². The quantitative estimate of drug-likeness (QED) is 0.657. The van der Waals surface area contributed by atoms with Crippen LogP contribution in [0.1, 0.15) is 20.8 Å². The highest BCUT2D eigenvalue weighted by Crippen LogP contribution is 2.06. The molecule has 1 N–H and O–H groups in total. The minimum atomic E-state index is -0.826. The number of para-hydroxylation sites is 1. The fraction of sp³-hybridized carbons (Fsp3) is 0.286. The number of hydrogen-bond donors (Lipinski definition) is 1. The van der Waals surface area contributed by atoms with Crippen LogP contribution in [0.5, 0.6) is 0 Å². The first-order valence-electron chi connectivity index (χ1n) is 5.70. The lowest BCUT2D eigenvalue weighted by Gasteiger charge is -2.12. The van der Waals surface area contributed by atoms with Crippen LogP contribution in [-0.2, 0) is 14.3 Å². The van der Waals surface area contributed by atoms with Crippen LogP contribution in [0.3, 0.4) is 0 Å². The monoisotopic (exact) mass is 247 g/mol. The number of benzene rings is 1. The molecule has 1 aromatic rings. The lowest BCUT2D eigenvalue weighted by molar-refractivity contribution is -0.148. The van der Waals surface area contributed by atoms with Gasteiger partial charge in [0.15, 0.2) is 6.10 Å². The van der Waals surface area contributed by atoms with Gasteiger partial charge in [0.2, 0.25) is 0 Å². The van der Waals surface area contributed by atoms with Crippen molar-refractivity contribution >= 4 is 17.6 Å². The average Bonchev–Trinajstić information content (AvgIpc) is 2.28. The third-order valence-corrected chi connectivity index (χ3v) is 2.11. The summed E-state index contributed by atoms with van der Waals surface area (Å²) in [6.07, 6.45) is 0.528. The second-order valence-corrected chi connectivity index (χ2v) is 4.16. The number of esters is 1. The number of carbonyl (C=O) groups is 2. The molecule has 0 radical (unpaired) electrons. The van der Waals surface area contributed by atoms with E-state index in [1.807, 2.05) is 18.2 Å². The highest BCUT2D eigenvalue weighted by Gasteiger charge is 2.16. The summed E-state index contributed by atoms with van der Waals surface area (Å²) >= 11 is 0. The molecule has 1 aromatic carbocycles. The van der Waals surface area contributed by atoms with E-state index in [0.29, 0.717) is 5.69 Å². The zero-order valence-electron chi connectivity index (χ0n) is 10.8. The van der Waals surface area contributed by atoms with Crippen molar-refractivity contribution < 1.29 is 14.3 Å². The van der Waals surface area contributed by atoms with Gasteiger partial charge in [-0.1, -0.05) is 23.8 Å². The third-order valence-electron chi connectivity index (χ3n) is 2.11. The Kier molecular flexibility index (Phi) is 5.11. The third kappa shape index (κ3) is 4.82. The number of nitrogens with one attached hydrogen (secondary N) is 1. The van der Waals surface area contributed by atoms with Crippen molar-refractivity contribution in [3.05, 3.63) is 42.0 Å². The number of hydrogen-bond acceptors (Lipinski definition) is 3. The molecule has 18 heavy (non-hydrogen) atoms. The van der Waals surface area contributed by atoms with Crippen LogP contribution in [0.2, 0.25) is 0 Å². The van der Waals surface area contributed by atoms with E-state index in [0.717, 1.165) is 5.57 Å². The molecule has 0 aromatic heterocycles. The number of anilines is 1. The van der Waals surface area contributed by atoms with Crippen LogP contribution in [0.25, 0.3) is 0 Å². The van der Waals surface area contributed by atoms with E-state index in [9.17, 15) is 9.59 Å². The van der Waals surface area contributed by atoms with Crippen molar-refractivity contribution in [2.75, 3.05) is 5.32 Å². The van der Waals surface area contributed by atoms with Gasteiger partial charge in [-0.2, -0.15) is 0 Å². The van der Waals surface area contributed by atoms with E-state index in [4.69, 9.17) is 4.74 Å². The summed E-state index contributed by atoms with van der Waals surface area (Å²) < 4.78 is 4.97. The minimum absolute atomic E-state index is 0.350. The van der Waals surface area contributed by atoms with Gasteiger partial charge in [0.1, 0.15) is 0 Å². The number of allylic oxidation sites excluding steroid dienone is 1. The highest BCUT2D eigenvalue weighted by atomic mass is 16.5. The zero-order chi connectivity index (χ0) is 13.5. The molecule has 1 amide bonds. The molecule has 96 valence electrons. The molecule has 0 spiro atoms. The van der Waals surface area contributed by atoms with Gasteiger partial charge in [-0.15, -0.1) is 0 Å². The lowest BCUT2D eigenvalue weighted by Crippen LogP contribution is -2.29. The first kappa shape index (κ1) is 14.0. The Balaban J connectivity index is 2.52. The van der Waals surface area contributed by atoms with Gasteiger partial charge in [-0.3, -0.25) is 4.79 Å². The van der Waals surface area contributed by atoms with Crippen molar-refractivity contribution in [2.45, 2.75) is 26.9 Å². The number of rotatable bonds is 4. The molecule has 0 bridgehead atoms. The van der Waals surface area contributed by atoms with Gasteiger partial charge in [0, 0.05) is 11.8 Å². The Morgan fingerprint density at radius 3 is 2.39 bits per heavy atom. The Hall–Kier alpha value is -2.10. The molecule has 0 heterocycles. The molecule has 0 fully saturated rings. The summed E-state index contributed by atoms with van der Waals surface area (Å²) in [7, 11) is 0. The summed E-state index contributed by atoms with van der Waals surface area (Å²) in [6.45, 7) is 5.11. The van der Waals surface area contributed by atoms with Crippen molar-refractivity contribution in [3.8, 4) is 0 Å². The molecule has 0 aliphatic carbocycles. The van der Waals surface area contributed by atoms with Gasteiger partial charge < -0.3 is 10.1 Å². The maximum absolute atomic E-state index is 11.7. The fourth-order valence-corrected chi connectivity index (χ4v) is 1.26. The normalized spacial score (nSPS) is 11.3. The minimum Gasteiger partial charge on any atom is -0.449 e. The van der Waals surface area contributed by atoms with E-state index in [1.54, 1.807) is 26.0 Å². The largest absolute Gasteiger partial charge is 0.449 e. The molecule has 0 aliphatic rings. The van der Waals surface area contributed by atoms with E-state index < -0.39 is 12.1 Å². The lowest BCUT2D eigenvalue weighted by atomic mass is 10.3. The summed E-state index contributed by atoms with van der Waals surface area (Å²) in [5, 5.41) is 2.66. The number of ether oxygens (including phenoxy) is 1. The van der Waals surface area contributed by atoms with E-state index in [2.05, 4.69) is 5.32 Å². The summed E-state index contributed by atoms with van der Waals surface area (Å²) in [4.78, 5) is 23.1. The maximum atomic E-state index is 11.7. The summed E-state index contributed by atoms with van der Waals surface area (Å²) in [5.74, 6) is -0.859. The molecule has 1 rings (SSSR count). The number of amides is 1. The molecule has 0 aliphatic heterocycles. The molecular weight excluding hydrogens is 230 g/mol. The molecule has 4 nitrogen and oxygen atoms in total. The molecule has 4 heteroatoms. The van der Waals surface area contributed by atoms with Gasteiger partial charge in [-0.25, -0.2) is 4.79 Å². The second-order valence-electron chi connectivity index (χ2n) is 4.16. The smallest absolute Gasteiger partial charge is 0.331 e. The zero-order valence-corrected chi connectivity index (χ0v) is 10.8. The molecule has 0 saturated carbocycles. The molecular formula is C14H17NO3. The highest BCUT2D eigenvalue weighted by molar-refractivity contribution is 5.95. The standard InChI is InChI=1S/C14H17NO3/c1-10(2)9-13(16)18-11(3)14(17)15-12-7-5-4-6-8-12/h4-9,11H,1-3H3,(H,15,17). The van der Waals surface area contributed by atoms with Crippen molar-refractivity contribution in [3.63, 3.8) is 0 Å². The van der Waals surface area contributed by atoms with Gasteiger partial charge >= 0.3 is 5.97 Å². The second kappa shape index (κ2) is 6.59. The van der Waals surface area contributed by atoms with Gasteiger partial charge in [-0.05, 0) is 32.9 Å². The van der Waals surface area contributed by atoms with Crippen LogP contribution in [-0.4, -0.2) is 18.0 Å². The van der Waals surface area contributed by atoms with Crippen LogP contribution in [0.4, 0.5) is 5.69 Å². The number of carbonyl (C=O) groups excluding carboxylic acids is 2. The molecule has 1 atom stereocenters. The predicted molar refractivity (Wildman–Crippen MR) is 70.1 cm³/mol. The molecule has 0 saturated heterocycles. The predicted octanol–water partition coefficient (Wildman–Crippen LogP) is 2.52.